The number of halogens is 1. The number of hydrogen-bond acceptors (Lipinski definition) is 6. The van der Waals surface area contributed by atoms with E-state index in [4.69, 9.17) is 16.3 Å². The molecular weight excluding hydrogens is 462 g/mol. The third-order valence-corrected chi connectivity index (χ3v) is 8.24. The van der Waals surface area contributed by atoms with Crippen LogP contribution in [0.3, 0.4) is 0 Å². The molecule has 0 spiro atoms. The molecule has 8 heteroatoms. The summed E-state index contributed by atoms with van der Waals surface area (Å²) in [5, 5.41) is 4.41. The summed E-state index contributed by atoms with van der Waals surface area (Å²) in [5.74, 6) is 1.34. The summed E-state index contributed by atoms with van der Waals surface area (Å²) in [6.45, 7) is 9.53. The van der Waals surface area contributed by atoms with Crippen molar-refractivity contribution >= 4 is 23.3 Å². The number of amides is 1. The van der Waals surface area contributed by atoms with Gasteiger partial charge in [0.05, 0.1) is 11.6 Å². The monoisotopic (exact) mass is 497 g/mol. The standard InChI is InChI=1S/C27H36ClN5O2/c1-17-15-21(35-4)24-22(17)25(30-16-29-24)32-11-13-33(14-12-32)26(34)23(18-5-7-19(28)8-6-18)20-9-10-27(2,3)31-20/h5-8,16-17,20-21,23,31H,9-15H2,1-4H3/t17-,20+,21-,23+/m1/s1. The van der Waals surface area contributed by atoms with Crippen LogP contribution >= 0.6 is 11.6 Å². The number of piperazine rings is 1. The average Bonchev–Trinajstić information content (AvgIpc) is 3.39. The molecule has 0 bridgehead atoms. The molecule has 2 aliphatic heterocycles. The maximum absolute atomic E-state index is 13.9. The van der Waals surface area contributed by atoms with Crippen molar-refractivity contribution in [2.45, 2.75) is 69.6 Å². The third kappa shape index (κ3) is 4.78. The second kappa shape index (κ2) is 9.68. The molecule has 1 aromatic heterocycles. The molecule has 1 N–H and O–H groups in total. The Morgan fingerprint density at radius 2 is 1.89 bits per heavy atom. The van der Waals surface area contributed by atoms with Crippen molar-refractivity contribution in [3.8, 4) is 0 Å². The molecule has 1 aliphatic carbocycles. The van der Waals surface area contributed by atoms with E-state index in [1.165, 1.54) is 5.56 Å². The van der Waals surface area contributed by atoms with Crippen LogP contribution in [0.1, 0.15) is 74.8 Å². The molecule has 35 heavy (non-hydrogen) atoms. The number of nitrogens with one attached hydrogen (secondary N) is 1. The van der Waals surface area contributed by atoms with E-state index in [2.05, 4.69) is 41.0 Å². The normalized spacial score (nSPS) is 26.6. The zero-order chi connectivity index (χ0) is 24.7. The SMILES string of the molecule is CO[C@@H]1C[C@@H](C)c2c1ncnc2N1CCN(C(=O)[C@@H](c2ccc(Cl)cc2)[C@@H]2CCC(C)(C)N2)CC1. The summed E-state index contributed by atoms with van der Waals surface area (Å²) in [7, 11) is 1.75. The topological polar surface area (TPSA) is 70.6 Å². The number of rotatable bonds is 5. The molecule has 1 amide bonds. The van der Waals surface area contributed by atoms with Crippen molar-refractivity contribution in [1.82, 2.24) is 20.2 Å². The Kier molecular flexibility index (Phi) is 6.77. The van der Waals surface area contributed by atoms with Gasteiger partial charge in [-0.05, 0) is 56.7 Å². The maximum atomic E-state index is 13.9. The lowest BCUT2D eigenvalue weighted by molar-refractivity contribution is -0.133. The van der Waals surface area contributed by atoms with Crippen molar-refractivity contribution in [2.24, 2.45) is 0 Å². The van der Waals surface area contributed by atoms with Crippen molar-refractivity contribution < 1.29 is 9.53 Å². The first kappa shape index (κ1) is 24.5. The van der Waals surface area contributed by atoms with Crippen LogP contribution in [0.5, 0.6) is 0 Å². The number of carbonyl (C=O) groups is 1. The summed E-state index contributed by atoms with van der Waals surface area (Å²) >= 11 is 6.16. The summed E-state index contributed by atoms with van der Waals surface area (Å²) in [6.07, 6.45) is 4.66. The first-order valence-electron chi connectivity index (χ1n) is 12.7. The molecule has 3 heterocycles. The van der Waals surface area contributed by atoms with E-state index in [0.717, 1.165) is 49.4 Å². The van der Waals surface area contributed by atoms with Gasteiger partial charge in [-0.3, -0.25) is 4.79 Å². The van der Waals surface area contributed by atoms with Crippen LogP contribution in [0, 0.1) is 0 Å². The van der Waals surface area contributed by atoms with Crippen LogP contribution in [0.25, 0.3) is 0 Å². The van der Waals surface area contributed by atoms with Gasteiger partial charge in [0.25, 0.3) is 0 Å². The predicted octanol–water partition coefficient (Wildman–Crippen LogP) is 4.29. The van der Waals surface area contributed by atoms with Gasteiger partial charge in [0.2, 0.25) is 5.91 Å². The molecule has 2 aromatic rings. The minimum Gasteiger partial charge on any atom is -0.375 e. The van der Waals surface area contributed by atoms with Gasteiger partial charge in [-0.25, -0.2) is 9.97 Å². The molecule has 3 aliphatic rings. The molecule has 7 nitrogen and oxygen atoms in total. The molecule has 0 saturated carbocycles. The Balaban J connectivity index is 1.33. The highest BCUT2D eigenvalue weighted by Crippen LogP contribution is 2.44. The lowest BCUT2D eigenvalue weighted by Crippen LogP contribution is -2.53. The lowest BCUT2D eigenvalue weighted by Gasteiger charge is -2.39. The van der Waals surface area contributed by atoms with Crippen LogP contribution in [0.4, 0.5) is 5.82 Å². The van der Waals surface area contributed by atoms with Gasteiger partial charge in [0.1, 0.15) is 18.2 Å². The highest BCUT2D eigenvalue weighted by atomic mass is 35.5. The smallest absolute Gasteiger partial charge is 0.231 e. The van der Waals surface area contributed by atoms with Gasteiger partial charge in [0, 0.05) is 55.5 Å². The molecule has 2 fully saturated rings. The van der Waals surface area contributed by atoms with Gasteiger partial charge in [0.15, 0.2) is 0 Å². The van der Waals surface area contributed by atoms with E-state index in [-0.39, 0.29) is 29.5 Å². The fraction of sp³-hybridized carbons (Fsp3) is 0.593. The number of anilines is 1. The maximum Gasteiger partial charge on any atom is 0.231 e. The minimum absolute atomic E-state index is 0.0351. The van der Waals surface area contributed by atoms with E-state index in [1.807, 2.05) is 29.2 Å². The molecule has 0 unspecified atom stereocenters. The van der Waals surface area contributed by atoms with Gasteiger partial charge >= 0.3 is 0 Å². The molecule has 5 rings (SSSR count). The number of aromatic nitrogens is 2. The Hall–Kier alpha value is -2.22. The number of hydrogen-bond donors (Lipinski definition) is 1. The Morgan fingerprint density at radius 1 is 1.17 bits per heavy atom. The second-order valence-electron chi connectivity index (χ2n) is 10.9. The predicted molar refractivity (Wildman–Crippen MR) is 138 cm³/mol. The van der Waals surface area contributed by atoms with Crippen LogP contribution in [0.2, 0.25) is 5.02 Å². The lowest BCUT2D eigenvalue weighted by atomic mass is 9.88. The fourth-order valence-electron chi connectivity index (χ4n) is 6.10. The molecular formula is C27H36ClN5O2. The highest BCUT2D eigenvalue weighted by Gasteiger charge is 2.41. The van der Waals surface area contributed by atoms with E-state index in [1.54, 1.807) is 13.4 Å². The quantitative estimate of drug-likeness (QED) is 0.664. The molecule has 0 radical (unpaired) electrons. The van der Waals surface area contributed by atoms with Crippen molar-refractivity contribution in [1.29, 1.82) is 0 Å². The summed E-state index contributed by atoms with van der Waals surface area (Å²) < 4.78 is 5.66. The van der Waals surface area contributed by atoms with Gasteiger partial charge in [-0.15, -0.1) is 0 Å². The van der Waals surface area contributed by atoms with E-state index < -0.39 is 0 Å². The largest absolute Gasteiger partial charge is 0.375 e. The number of ether oxygens (including phenoxy) is 1. The zero-order valence-corrected chi connectivity index (χ0v) is 21.9. The second-order valence-corrected chi connectivity index (χ2v) is 11.3. The average molecular weight is 498 g/mol. The third-order valence-electron chi connectivity index (χ3n) is 7.99. The van der Waals surface area contributed by atoms with Crippen LogP contribution < -0.4 is 10.2 Å². The van der Waals surface area contributed by atoms with E-state index in [0.29, 0.717) is 24.0 Å². The first-order chi connectivity index (χ1) is 16.8. The Bertz CT molecular complexity index is 1070. The highest BCUT2D eigenvalue weighted by molar-refractivity contribution is 6.30. The van der Waals surface area contributed by atoms with E-state index >= 15 is 0 Å². The Morgan fingerprint density at radius 3 is 2.51 bits per heavy atom. The van der Waals surface area contributed by atoms with Crippen LogP contribution in [0.15, 0.2) is 30.6 Å². The number of carbonyl (C=O) groups excluding carboxylic acids is 1. The zero-order valence-electron chi connectivity index (χ0n) is 21.1. The molecule has 2 saturated heterocycles. The number of methoxy groups -OCH3 is 1. The van der Waals surface area contributed by atoms with E-state index in [9.17, 15) is 4.79 Å². The molecule has 4 atom stereocenters. The Labute approximate surface area is 213 Å². The van der Waals surface area contributed by atoms with Crippen molar-refractivity contribution in [2.75, 3.05) is 38.2 Å². The summed E-state index contributed by atoms with van der Waals surface area (Å²) in [5.41, 5.74) is 3.29. The first-order valence-corrected chi connectivity index (χ1v) is 13.1. The number of benzene rings is 1. The minimum atomic E-state index is -0.216. The van der Waals surface area contributed by atoms with Crippen LogP contribution in [-0.2, 0) is 9.53 Å². The van der Waals surface area contributed by atoms with Crippen LogP contribution in [-0.4, -0.2) is 65.6 Å². The van der Waals surface area contributed by atoms with Crippen molar-refractivity contribution in [3.63, 3.8) is 0 Å². The number of nitrogens with zero attached hydrogens (tertiary/aromatic N) is 4. The van der Waals surface area contributed by atoms with Crippen molar-refractivity contribution in [3.05, 3.63) is 52.4 Å². The molecule has 1 aromatic carbocycles. The summed E-state index contributed by atoms with van der Waals surface area (Å²) in [6, 6.07) is 7.91. The van der Waals surface area contributed by atoms with Gasteiger partial charge < -0.3 is 19.9 Å². The van der Waals surface area contributed by atoms with Gasteiger partial charge in [-0.1, -0.05) is 30.7 Å². The summed E-state index contributed by atoms with van der Waals surface area (Å²) in [4.78, 5) is 27.5. The fourth-order valence-corrected chi connectivity index (χ4v) is 6.23. The van der Waals surface area contributed by atoms with Gasteiger partial charge in [-0.2, -0.15) is 0 Å². The molecule has 188 valence electrons. The number of fused-ring (bicyclic) bond motifs is 1.